The second-order valence-electron chi connectivity index (χ2n) is 5.72. The smallest absolute Gasteiger partial charge is 0.137 e. The van der Waals surface area contributed by atoms with Gasteiger partial charge < -0.3 is 4.98 Å². The van der Waals surface area contributed by atoms with E-state index in [1.54, 1.807) is 6.20 Å². The van der Waals surface area contributed by atoms with Gasteiger partial charge >= 0.3 is 0 Å². The molecule has 0 spiro atoms. The maximum atomic E-state index is 8.91. The molecule has 116 valence electrons. The van der Waals surface area contributed by atoms with Gasteiger partial charge in [-0.3, -0.25) is 4.68 Å². The van der Waals surface area contributed by atoms with Gasteiger partial charge in [-0.05, 0) is 42.3 Å². The van der Waals surface area contributed by atoms with E-state index in [4.69, 9.17) is 5.26 Å². The minimum absolute atomic E-state index is 0.0926. The lowest BCUT2D eigenvalue weighted by atomic mass is 10.1. The number of fused-ring (bicyclic) bond motifs is 1. The van der Waals surface area contributed by atoms with Crippen molar-refractivity contribution in [1.29, 1.82) is 5.26 Å². The first-order chi connectivity index (χ1) is 11.8. The summed E-state index contributed by atoms with van der Waals surface area (Å²) in [4.78, 5) is 7.46. The first kappa shape index (κ1) is 14.2. The molecule has 3 heterocycles. The summed E-state index contributed by atoms with van der Waals surface area (Å²) in [6.45, 7) is 2.09. The molecule has 0 saturated carbocycles. The van der Waals surface area contributed by atoms with Gasteiger partial charge in [-0.2, -0.15) is 10.4 Å². The molecular formula is C19H15N5. The lowest BCUT2D eigenvalue weighted by Crippen LogP contribution is -2.06. The third-order valence-corrected chi connectivity index (χ3v) is 4.29. The number of nitriles is 1. The molecule has 4 rings (SSSR count). The zero-order valence-electron chi connectivity index (χ0n) is 13.1. The highest BCUT2D eigenvalue weighted by Gasteiger charge is 2.12. The molecule has 0 fully saturated rings. The first-order valence-corrected chi connectivity index (χ1v) is 7.73. The van der Waals surface area contributed by atoms with Crippen LogP contribution in [0.4, 0.5) is 0 Å². The predicted octanol–water partition coefficient (Wildman–Crippen LogP) is 3.91. The summed E-state index contributed by atoms with van der Waals surface area (Å²) < 4.78 is 1.94. The number of H-pyrrole nitrogens is 1. The van der Waals surface area contributed by atoms with Crippen LogP contribution in [0.5, 0.6) is 0 Å². The van der Waals surface area contributed by atoms with E-state index in [0.29, 0.717) is 5.56 Å². The van der Waals surface area contributed by atoms with E-state index in [-0.39, 0.29) is 6.04 Å². The molecule has 5 nitrogen and oxygen atoms in total. The Morgan fingerprint density at radius 2 is 2.00 bits per heavy atom. The van der Waals surface area contributed by atoms with Crippen molar-refractivity contribution < 1.29 is 0 Å². The number of hydrogen-bond donors (Lipinski definition) is 1. The molecule has 0 radical (unpaired) electrons. The van der Waals surface area contributed by atoms with Crippen LogP contribution in [0, 0.1) is 11.3 Å². The molecule has 0 aliphatic heterocycles. The zero-order chi connectivity index (χ0) is 16.5. The lowest BCUT2D eigenvalue weighted by Gasteiger charge is -2.12. The molecule has 0 amide bonds. The Kier molecular flexibility index (Phi) is 3.36. The minimum atomic E-state index is 0.0926. The van der Waals surface area contributed by atoms with Gasteiger partial charge in [0.1, 0.15) is 5.65 Å². The molecule has 0 bridgehead atoms. The number of benzene rings is 1. The van der Waals surface area contributed by atoms with Gasteiger partial charge in [-0.25, -0.2) is 4.98 Å². The van der Waals surface area contributed by atoms with Crippen molar-refractivity contribution in [1.82, 2.24) is 19.7 Å². The van der Waals surface area contributed by atoms with E-state index in [9.17, 15) is 0 Å². The first-order valence-electron chi connectivity index (χ1n) is 7.73. The van der Waals surface area contributed by atoms with Crippen molar-refractivity contribution in [3.8, 4) is 17.2 Å². The molecule has 3 aromatic heterocycles. The van der Waals surface area contributed by atoms with E-state index in [0.717, 1.165) is 27.7 Å². The quantitative estimate of drug-likeness (QED) is 0.623. The van der Waals surface area contributed by atoms with Gasteiger partial charge in [0.15, 0.2) is 0 Å². The summed E-state index contributed by atoms with van der Waals surface area (Å²) in [6.07, 6.45) is 7.62. The van der Waals surface area contributed by atoms with Crippen LogP contribution < -0.4 is 0 Å². The molecule has 0 aliphatic carbocycles. The topological polar surface area (TPSA) is 70.3 Å². The Bertz CT molecular complexity index is 1030. The molecule has 1 N–H and O–H groups in total. The number of nitrogens with one attached hydrogen (secondary N) is 1. The Morgan fingerprint density at radius 1 is 1.17 bits per heavy atom. The molecule has 1 aromatic carbocycles. The van der Waals surface area contributed by atoms with Crippen LogP contribution in [0.15, 0.2) is 61.2 Å². The van der Waals surface area contributed by atoms with E-state index in [2.05, 4.69) is 28.1 Å². The molecule has 24 heavy (non-hydrogen) atoms. The fourth-order valence-corrected chi connectivity index (χ4v) is 2.89. The van der Waals surface area contributed by atoms with Crippen LogP contribution in [-0.4, -0.2) is 19.7 Å². The van der Waals surface area contributed by atoms with Crippen molar-refractivity contribution >= 4 is 11.0 Å². The zero-order valence-corrected chi connectivity index (χ0v) is 13.1. The largest absolute Gasteiger partial charge is 0.346 e. The van der Waals surface area contributed by atoms with Crippen LogP contribution in [0.3, 0.4) is 0 Å². The summed E-state index contributed by atoms with van der Waals surface area (Å²) in [5.74, 6) is 0. The Labute approximate surface area is 139 Å². The van der Waals surface area contributed by atoms with E-state index >= 15 is 0 Å². The summed E-state index contributed by atoms with van der Waals surface area (Å²) in [7, 11) is 0. The second kappa shape index (κ2) is 5.67. The average molecular weight is 313 g/mol. The van der Waals surface area contributed by atoms with E-state index < -0.39 is 0 Å². The van der Waals surface area contributed by atoms with Gasteiger partial charge in [0, 0.05) is 29.5 Å². The van der Waals surface area contributed by atoms with Gasteiger partial charge in [0.05, 0.1) is 23.9 Å². The van der Waals surface area contributed by atoms with Gasteiger partial charge in [-0.15, -0.1) is 0 Å². The molecule has 5 heteroatoms. The maximum Gasteiger partial charge on any atom is 0.137 e. The van der Waals surface area contributed by atoms with Crippen LogP contribution in [0.2, 0.25) is 0 Å². The van der Waals surface area contributed by atoms with E-state index in [1.807, 2.05) is 59.7 Å². The normalized spacial score (nSPS) is 12.2. The van der Waals surface area contributed by atoms with Crippen LogP contribution in [0.1, 0.15) is 24.1 Å². The van der Waals surface area contributed by atoms with Gasteiger partial charge in [0.2, 0.25) is 0 Å². The average Bonchev–Trinajstić information content (AvgIpc) is 3.30. The third kappa shape index (κ3) is 2.34. The Hall–Kier alpha value is -3.39. The van der Waals surface area contributed by atoms with Crippen LogP contribution in [-0.2, 0) is 0 Å². The van der Waals surface area contributed by atoms with Crippen molar-refractivity contribution in [2.45, 2.75) is 13.0 Å². The monoisotopic (exact) mass is 313 g/mol. The summed E-state index contributed by atoms with van der Waals surface area (Å²) in [5, 5.41) is 14.5. The molecular weight excluding hydrogens is 298 g/mol. The van der Waals surface area contributed by atoms with Crippen molar-refractivity contribution in [2.75, 3.05) is 0 Å². The highest BCUT2D eigenvalue weighted by atomic mass is 15.3. The number of hydrogen-bond acceptors (Lipinski definition) is 3. The number of aromatic amines is 1. The van der Waals surface area contributed by atoms with Gasteiger partial charge in [0.25, 0.3) is 0 Å². The van der Waals surface area contributed by atoms with Crippen molar-refractivity contribution in [3.63, 3.8) is 0 Å². The fraction of sp³-hybridized carbons (Fsp3) is 0.105. The second-order valence-corrected chi connectivity index (χ2v) is 5.72. The maximum absolute atomic E-state index is 8.91. The number of rotatable bonds is 3. The van der Waals surface area contributed by atoms with Crippen LogP contribution >= 0.6 is 0 Å². The highest BCUT2D eigenvalue weighted by molar-refractivity contribution is 5.92. The number of aromatic nitrogens is 4. The Morgan fingerprint density at radius 3 is 2.79 bits per heavy atom. The molecule has 0 aliphatic rings. The lowest BCUT2D eigenvalue weighted by molar-refractivity contribution is 0.564. The highest BCUT2D eigenvalue weighted by Crippen LogP contribution is 2.28. The number of nitrogens with zero attached hydrogens (tertiary/aromatic N) is 4. The van der Waals surface area contributed by atoms with E-state index in [1.165, 1.54) is 0 Å². The van der Waals surface area contributed by atoms with Crippen molar-refractivity contribution in [2.24, 2.45) is 0 Å². The molecule has 1 unspecified atom stereocenters. The summed E-state index contributed by atoms with van der Waals surface area (Å²) in [6, 6.07) is 13.9. The SMILES string of the molecule is CC(c1ccc(C#N)cc1)n1cc(-c2ccnc3[nH]ccc23)cn1. The molecule has 1 atom stereocenters. The standard InChI is InChI=1S/C19H15N5/c1-13(15-4-2-14(10-20)3-5-15)24-12-16(11-23-24)17-6-8-21-19-18(17)7-9-22-19/h2-9,11-13H,1H3,(H,21,22). The van der Waals surface area contributed by atoms with Crippen molar-refractivity contribution in [3.05, 3.63) is 72.3 Å². The third-order valence-electron chi connectivity index (χ3n) is 4.29. The van der Waals surface area contributed by atoms with Gasteiger partial charge in [-0.1, -0.05) is 12.1 Å². The summed E-state index contributed by atoms with van der Waals surface area (Å²) in [5.41, 5.74) is 4.83. The Balaban J connectivity index is 1.69. The fourth-order valence-electron chi connectivity index (χ4n) is 2.89. The molecule has 0 saturated heterocycles. The predicted molar refractivity (Wildman–Crippen MR) is 92.3 cm³/mol. The summed E-state index contributed by atoms with van der Waals surface area (Å²) >= 11 is 0. The minimum Gasteiger partial charge on any atom is -0.346 e. The molecule has 4 aromatic rings. The number of pyridine rings is 1. The van der Waals surface area contributed by atoms with Crippen LogP contribution in [0.25, 0.3) is 22.2 Å².